The van der Waals surface area contributed by atoms with Gasteiger partial charge in [0, 0.05) is 6.54 Å². The lowest BCUT2D eigenvalue weighted by molar-refractivity contribution is 0.0942. The van der Waals surface area contributed by atoms with Gasteiger partial charge in [0.15, 0.2) is 0 Å². The zero-order chi connectivity index (χ0) is 17.9. The molecule has 0 aliphatic heterocycles. The Bertz CT molecular complexity index is 1020. The molecule has 130 valence electrons. The van der Waals surface area contributed by atoms with Crippen LogP contribution in [-0.4, -0.2) is 15.5 Å². The fourth-order valence-electron chi connectivity index (χ4n) is 3.10. The molecule has 5 heteroatoms. The molecule has 0 saturated carbocycles. The van der Waals surface area contributed by atoms with Gasteiger partial charge in [-0.2, -0.15) is 0 Å². The van der Waals surface area contributed by atoms with Gasteiger partial charge in [0.05, 0.1) is 22.0 Å². The summed E-state index contributed by atoms with van der Waals surface area (Å²) in [5.74, 6) is 0.797. The van der Waals surface area contributed by atoms with Gasteiger partial charge in [-0.3, -0.25) is 4.79 Å². The first kappa shape index (κ1) is 16.5. The number of amides is 1. The van der Waals surface area contributed by atoms with Crippen molar-refractivity contribution in [2.45, 2.75) is 19.5 Å². The van der Waals surface area contributed by atoms with Crippen molar-refractivity contribution in [3.63, 3.8) is 0 Å². The van der Waals surface area contributed by atoms with E-state index in [0.29, 0.717) is 4.88 Å². The summed E-state index contributed by atoms with van der Waals surface area (Å²) in [4.78, 5) is 17.9. The van der Waals surface area contributed by atoms with Crippen LogP contribution in [-0.2, 0) is 6.54 Å². The third-order valence-corrected chi connectivity index (χ3v) is 5.22. The average molecular weight is 361 g/mol. The molecule has 1 unspecified atom stereocenters. The monoisotopic (exact) mass is 361 g/mol. The number of rotatable bonds is 5. The highest BCUT2D eigenvalue weighted by molar-refractivity contribution is 7.12. The molecule has 0 fully saturated rings. The summed E-state index contributed by atoms with van der Waals surface area (Å²) in [7, 11) is 0. The molecule has 2 aromatic carbocycles. The topological polar surface area (TPSA) is 46.9 Å². The number of thiophene rings is 1. The van der Waals surface area contributed by atoms with Crippen LogP contribution in [0.2, 0.25) is 0 Å². The largest absolute Gasteiger partial charge is 0.342 e. The predicted octanol–water partition coefficient (Wildman–Crippen LogP) is 4.64. The van der Waals surface area contributed by atoms with Crippen LogP contribution in [0.4, 0.5) is 0 Å². The number of carbonyl (C=O) groups excluding carboxylic acids is 1. The van der Waals surface area contributed by atoms with Gasteiger partial charge in [-0.1, -0.05) is 48.5 Å². The van der Waals surface area contributed by atoms with Crippen molar-refractivity contribution in [1.82, 2.24) is 14.9 Å². The molecule has 0 aliphatic rings. The number of aromatic nitrogens is 2. The number of fused-ring (bicyclic) bond motifs is 1. The van der Waals surface area contributed by atoms with Crippen LogP contribution in [0.1, 0.15) is 34.0 Å². The summed E-state index contributed by atoms with van der Waals surface area (Å²) in [6, 6.07) is 21.9. The van der Waals surface area contributed by atoms with Crippen LogP contribution in [0.15, 0.2) is 72.1 Å². The van der Waals surface area contributed by atoms with Gasteiger partial charge in [0.2, 0.25) is 0 Å². The van der Waals surface area contributed by atoms with Gasteiger partial charge >= 0.3 is 0 Å². The van der Waals surface area contributed by atoms with E-state index in [4.69, 9.17) is 4.98 Å². The van der Waals surface area contributed by atoms with E-state index in [9.17, 15) is 4.79 Å². The number of para-hydroxylation sites is 2. The first-order valence-corrected chi connectivity index (χ1v) is 9.44. The Balaban J connectivity index is 1.69. The maximum atomic E-state index is 12.4. The fourth-order valence-corrected chi connectivity index (χ4v) is 3.72. The van der Waals surface area contributed by atoms with E-state index in [2.05, 4.69) is 28.1 Å². The Morgan fingerprint density at radius 3 is 2.62 bits per heavy atom. The smallest absolute Gasteiger partial charge is 0.261 e. The zero-order valence-electron chi connectivity index (χ0n) is 14.4. The molecule has 1 atom stereocenters. The van der Waals surface area contributed by atoms with Crippen molar-refractivity contribution in [3.05, 3.63) is 88.4 Å². The Kier molecular flexibility index (Phi) is 4.54. The van der Waals surface area contributed by atoms with Crippen LogP contribution in [0.25, 0.3) is 11.0 Å². The molecule has 2 heterocycles. The minimum Gasteiger partial charge on any atom is -0.342 e. The van der Waals surface area contributed by atoms with Gasteiger partial charge < -0.3 is 9.88 Å². The Morgan fingerprint density at radius 1 is 1.08 bits per heavy atom. The summed E-state index contributed by atoms with van der Waals surface area (Å²) in [5.41, 5.74) is 3.22. The van der Waals surface area contributed by atoms with Crippen molar-refractivity contribution in [2.24, 2.45) is 0 Å². The van der Waals surface area contributed by atoms with E-state index in [-0.39, 0.29) is 11.9 Å². The second-order valence-corrected chi connectivity index (χ2v) is 7.15. The lowest BCUT2D eigenvalue weighted by atomic mass is 10.2. The van der Waals surface area contributed by atoms with E-state index >= 15 is 0 Å². The fraction of sp³-hybridized carbons (Fsp3) is 0.143. The SMILES string of the molecule is CC(NC(=O)c1cccs1)c1nc2ccccc2n1Cc1ccccc1. The van der Waals surface area contributed by atoms with E-state index in [1.807, 2.05) is 60.8 Å². The van der Waals surface area contributed by atoms with Crippen LogP contribution < -0.4 is 5.32 Å². The Hall–Kier alpha value is -2.92. The zero-order valence-corrected chi connectivity index (χ0v) is 15.2. The molecule has 1 N–H and O–H groups in total. The summed E-state index contributed by atoms with van der Waals surface area (Å²) < 4.78 is 2.18. The highest BCUT2D eigenvalue weighted by atomic mass is 32.1. The first-order valence-electron chi connectivity index (χ1n) is 8.56. The Labute approximate surface area is 156 Å². The van der Waals surface area contributed by atoms with Gasteiger partial charge in [-0.25, -0.2) is 4.98 Å². The van der Waals surface area contributed by atoms with Gasteiger partial charge in [0.25, 0.3) is 5.91 Å². The Morgan fingerprint density at radius 2 is 1.85 bits per heavy atom. The van der Waals surface area contributed by atoms with Gasteiger partial charge in [-0.05, 0) is 36.1 Å². The van der Waals surface area contributed by atoms with E-state index < -0.39 is 0 Å². The maximum Gasteiger partial charge on any atom is 0.261 e. The number of carbonyl (C=O) groups is 1. The predicted molar refractivity (Wildman–Crippen MR) is 105 cm³/mol. The summed E-state index contributed by atoms with van der Waals surface area (Å²) in [5, 5.41) is 4.98. The molecule has 0 saturated heterocycles. The molecule has 2 aromatic heterocycles. The lowest BCUT2D eigenvalue weighted by Crippen LogP contribution is -2.28. The minimum absolute atomic E-state index is 0.0641. The van der Waals surface area contributed by atoms with E-state index in [1.165, 1.54) is 16.9 Å². The van der Waals surface area contributed by atoms with Crippen LogP contribution in [0, 0.1) is 0 Å². The molecule has 4 nitrogen and oxygen atoms in total. The highest BCUT2D eigenvalue weighted by Crippen LogP contribution is 2.23. The number of nitrogens with zero attached hydrogens (tertiary/aromatic N) is 2. The van der Waals surface area contributed by atoms with Gasteiger partial charge in [0.1, 0.15) is 5.82 Å². The lowest BCUT2D eigenvalue weighted by Gasteiger charge is -2.16. The molecular formula is C21H19N3OS. The first-order chi connectivity index (χ1) is 12.7. The maximum absolute atomic E-state index is 12.4. The van der Waals surface area contributed by atoms with E-state index in [0.717, 1.165) is 23.4 Å². The second kappa shape index (κ2) is 7.14. The van der Waals surface area contributed by atoms with Crippen LogP contribution in [0.3, 0.4) is 0 Å². The van der Waals surface area contributed by atoms with Crippen molar-refractivity contribution in [3.8, 4) is 0 Å². The van der Waals surface area contributed by atoms with Gasteiger partial charge in [-0.15, -0.1) is 11.3 Å². The molecule has 1 amide bonds. The van der Waals surface area contributed by atoms with Crippen molar-refractivity contribution >= 4 is 28.3 Å². The van der Waals surface area contributed by atoms with Crippen molar-refractivity contribution < 1.29 is 4.79 Å². The van der Waals surface area contributed by atoms with E-state index in [1.54, 1.807) is 0 Å². The quantitative estimate of drug-likeness (QED) is 0.563. The number of nitrogens with one attached hydrogen (secondary N) is 1. The van der Waals surface area contributed by atoms with Crippen molar-refractivity contribution in [2.75, 3.05) is 0 Å². The average Bonchev–Trinajstić information content (AvgIpc) is 3.31. The summed E-state index contributed by atoms with van der Waals surface area (Å²) in [6.07, 6.45) is 0. The number of hydrogen-bond donors (Lipinski definition) is 1. The number of imidazole rings is 1. The third-order valence-electron chi connectivity index (χ3n) is 4.35. The highest BCUT2D eigenvalue weighted by Gasteiger charge is 2.19. The molecule has 0 aliphatic carbocycles. The third kappa shape index (κ3) is 3.26. The normalized spacial score (nSPS) is 12.2. The summed E-state index contributed by atoms with van der Waals surface area (Å²) in [6.45, 7) is 2.70. The van der Waals surface area contributed by atoms with Crippen LogP contribution >= 0.6 is 11.3 Å². The van der Waals surface area contributed by atoms with Crippen LogP contribution in [0.5, 0.6) is 0 Å². The molecule has 4 rings (SSSR count). The molecule has 26 heavy (non-hydrogen) atoms. The second-order valence-electron chi connectivity index (χ2n) is 6.20. The number of benzene rings is 2. The molecular weight excluding hydrogens is 342 g/mol. The minimum atomic E-state index is -0.194. The van der Waals surface area contributed by atoms with Crippen molar-refractivity contribution in [1.29, 1.82) is 0 Å². The standard InChI is InChI=1S/C21H19N3OS/c1-15(22-21(25)19-12-7-13-26-19)20-23-17-10-5-6-11-18(17)24(20)14-16-8-3-2-4-9-16/h2-13,15H,14H2,1H3,(H,22,25). The molecule has 0 spiro atoms. The summed E-state index contributed by atoms with van der Waals surface area (Å²) >= 11 is 1.44. The number of hydrogen-bond acceptors (Lipinski definition) is 3. The molecule has 0 radical (unpaired) electrons. The molecule has 0 bridgehead atoms. The molecule has 4 aromatic rings.